The van der Waals surface area contributed by atoms with Crippen molar-refractivity contribution < 1.29 is 4.39 Å². The Kier molecular flexibility index (Phi) is 3.58. The molecule has 2 aromatic rings. The highest BCUT2D eigenvalue weighted by Gasteiger charge is 2.07. The van der Waals surface area contributed by atoms with Gasteiger partial charge in [0.1, 0.15) is 10.8 Å². The number of rotatable bonds is 3. The van der Waals surface area contributed by atoms with Gasteiger partial charge in [-0.05, 0) is 30.7 Å². The average molecular weight is 282 g/mol. The Morgan fingerprint density at radius 2 is 2.22 bits per heavy atom. The van der Waals surface area contributed by atoms with Crippen LogP contribution in [0, 0.1) is 12.7 Å². The van der Waals surface area contributed by atoms with Gasteiger partial charge in [-0.3, -0.25) is 9.36 Å². The Bertz CT molecular complexity index is 660. The second-order valence-corrected chi connectivity index (χ2v) is 5.20. The minimum atomic E-state index is -0.406. The van der Waals surface area contributed by atoms with Gasteiger partial charge in [-0.25, -0.2) is 4.39 Å². The largest absolute Gasteiger partial charge is 0.389 e. The van der Waals surface area contributed by atoms with Crippen molar-refractivity contribution in [3.63, 3.8) is 0 Å². The van der Waals surface area contributed by atoms with Crippen LogP contribution in [-0.4, -0.2) is 9.56 Å². The fourth-order valence-electron chi connectivity index (χ4n) is 1.66. The van der Waals surface area contributed by atoms with E-state index in [1.165, 1.54) is 12.1 Å². The van der Waals surface area contributed by atoms with Crippen LogP contribution in [0.1, 0.15) is 16.8 Å². The number of halogens is 1. The maximum atomic E-state index is 13.4. The number of nitrogens with zero attached hydrogens (tertiary/aromatic N) is 1. The van der Waals surface area contributed by atoms with E-state index in [0.717, 1.165) is 17.0 Å². The van der Waals surface area contributed by atoms with E-state index in [0.29, 0.717) is 17.7 Å². The summed E-state index contributed by atoms with van der Waals surface area (Å²) in [6, 6.07) is 4.37. The van der Waals surface area contributed by atoms with Crippen molar-refractivity contribution in [1.29, 1.82) is 0 Å². The Balaban J connectivity index is 2.41. The molecule has 0 bridgehead atoms. The molecule has 0 aliphatic heterocycles. The molecule has 94 valence electrons. The number of thiocarbonyl (C=S) groups is 1. The second-order valence-electron chi connectivity index (χ2n) is 3.94. The first-order chi connectivity index (χ1) is 8.47. The first-order valence-corrected chi connectivity index (χ1v) is 6.50. The van der Waals surface area contributed by atoms with Gasteiger partial charge in [0.25, 0.3) is 0 Å². The molecule has 0 spiro atoms. The zero-order valence-electron chi connectivity index (χ0n) is 9.64. The lowest BCUT2D eigenvalue weighted by Crippen LogP contribution is -2.16. The van der Waals surface area contributed by atoms with Gasteiger partial charge < -0.3 is 5.73 Å². The monoisotopic (exact) mass is 282 g/mol. The lowest BCUT2D eigenvalue weighted by Gasteiger charge is -2.07. The maximum absolute atomic E-state index is 13.4. The zero-order chi connectivity index (χ0) is 13.3. The topological polar surface area (TPSA) is 48.0 Å². The van der Waals surface area contributed by atoms with Crippen LogP contribution in [0.15, 0.2) is 28.4 Å². The summed E-state index contributed by atoms with van der Waals surface area (Å²) in [5, 5.41) is 1.77. The van der Waals surface area contributed by atoms with E-state index in [9.17, 15) is 9.18 Å². The molecule has 0 saturated carbocycles. The van der Waals surface area contributed by atoms with Gasteiger partial charge in [-0.15, -0.1) is 0 Å². The first kappa shape index (κ1) is 12.9. The predicted octanol–water partition coefficient (Wildman–Crippen LogP) is 2.04. The molecule has 0 saturated heterocycles. The quantitative estimate of drug-likeness (QED) is 0.876. The van der Waals surface area contributed by atoms with E-state index in [2.05, 4.69) is 0 Å². The molecule has 0 atom stereocenters. The minimum absolute atomic E-state index is 0.0614. The molecule has 1 heterocycles. The second kappa shape index (κ2) is 4.99. The van der Waals surface area contributed by atoms with E-state index >= 15 is 0 Å². The minimum Gasteiger partial charge on any atom is -0.389 e. The van der Waals surface area contributed by atoms with E-state index in [1.807, 2.05) is 6.92 Å². The van der Waals surface area contributed by atoms with Crippen LogP contribution < -0.4 is 10.6 Å². The van der Waals surface area contributed by atoms with Gasteiger partial charge in [0.2, 0.25) is 0 Å². The van der Waals surface area contributed by atoms with E-state index < -0.39 is 5.82 Å². The molecule has 2 N–H and O–H groups in total. The molecule has 1 aromatic heterocycles. The lowest BCUT2D eigenvalue weighted by molar-refractivity contribution is 0.622. The van der Waals surface area contributed by atoms with Crippen molar-refractivity contribution in [2.45, 2.75) is 13.5 Å². The summed E-state index contributed by atoms with van der Waals surface area (Å²) in [5.74, 6) is -0.406. The number of aryl methyl sites for hydroxylation is 1. The summed E-state index contributed by atoms with van der Waals surface area (Å²) in [6.45, 7) is 2.16. The van der Waals surface area contributed by atoms with Crippen molar-refractivity contribution in [3.8, 4) is 0 Å². The van der Waals surface area contributed by atoms with Crippen LogP contribution >= 0.6 is 23.6 Å². The first-order valence-electron chi connectivity index (χ1n) is 5.21. The Morgan fingerprint density at radius 1 is 1.50 bits per heavy atom. The van der Waals surface area contributed by atoms with Crippen molar-refractivity contribution in [3.05, 3.63) is 55.9 Å². The van der Waals surface area contributed by atoms with Gasteiger partial charge in [-0.1, -0.05) is 23.6 Å². The highest BCUT2D eigenvalue weighted by atomic mass is 32.1. The number of thiazole rings is 1. The fourth-order valence-corrected chi connectivity index (χ4v) is 2.51. The molecular formula is C12H11FN2OS2. The molecule has 0 aliphatic rings. The molecule has 0 fully saturated rings. The highest BCUT2D eigenvalue weighted by Crippen LogP contribution is 2.12. The number of hydrogen-bond acceptors (Lipinski definition) is 3. The third-order valence-electron chi connectivity index (χ3n) is 2.56. The molecule has 2 rings (SSSR count). The van der Waals surface area contributed by atoms with Gasteiger partial charge in [0.15, 0.2) is 0 Å². The normalized spacial score (nSPS) is 10.6. The molecular weight excluding hydrogens is 271 g/mol. The van der Waals surface area contributed by atoms with Crippen molar-refractivity contribution in [2.75, 3.05) is 0 Å². The van der Waals surface area contributed by atoms with Crippen molar-refractivity contribution in [2.24, 2.45) is 5.73 Å². The summed E-state index contributed by atoms with van der Waals surface area (Å²) in [4.78, 5) is 11.7. The van der Waals surface area contributed by atoms with Crippen LogP contribution in [0.3, 0.4) is 0 Å². The molecule has 3 nitrogen and oxygen atoms in total. The van der Waals surface area contributed by atoms with Gasteiger partial charge in [-0.2, -0.15) is 0 Å². The summed E-state index contributed by atoms with van der Waals surface area (Å²) in [7, 11) is 0. The smallest absolute Gasteiger partial charge is 0.307 e. The van der Waals surface area contributed by atoms with Crippen LogP contribution in [0.5, 0.6) is 0 Å². The van der Waals surface area contributed by atoms with Crippen molar-refractivity contribution in [1.82, 2.24) is 4.57 Å². The fraction of sp³-hybridized carbons (Fsp3) is 0.167. The third-order valence-corrected chi connectivity index (χ3v) is 3.68. The molecule has 0 amide bonds. The van der Waals surface area contributed by atoms with Gasteiger partial charge >= 0.3 is 4.87 Å². The predicted molar refractivity (Wildman–Crippen MR) is 74.7 cm³/mol. The van der Waals surface area contributed by atoms with Crippen LogP contribution in [0.2, 0.25) is 0 Å². The van der Waals surface area contributed by atoms with E-state index in [1.54, 1.807) is 16.0 Å². The summed E-state index contributed by atoms with van der Waals surface area (Å²) >= 11 is 5.95. The molecule has 1 aromatic carbocycles. The number of aromatic nitrogens is 1. The van der Waals surface area contributed by atoms with Crippen LogP contribution in [0.4, 0.5) is 4.39 Å². The van der Waals surface area contributed by atoms with E-state index in [4.69, 9.17) is 18.0 Å². The maximum Gasteiger partial charge on any atom is 0.307 e. The number of hydrogen-bond donors (Lipinski definition) is 1. The lowest BCUT2D eigenvalue weighted by atomic mass is 10.1. The molecule has 0 aliphatic carbocycles. The van der Waals surface area contributed by atoms with Gasteiger partial charge in [0, 0.05) is 16.6 Å². The third kappa shape index (κ3) is 2.65. The number of benzene rings is 1. The zero-order valence-corrected chi connectivity index (χ0v) is 11.3. The Morgan fingerprint density at radius 3 is 2.78 bits per heavy atom. The van der Waals surface area contributed by atoms with Crippen LogP contribution in [0.25, 0.3) is 0 Å². The summed E-state index contributed by atoms with van der Waals surface area (Å²) < 4.78 is 15.0. The summed E-state index contributed by atoms with van der Waals surface area (Å²) in [6.07, 6.45) is 0. The van der Waals surface area contributed by atoms with E-state index in [-0.39, 0.29) is 9.86 Å². The van der Waals surface area contributed by atoms with Crippen molar-refractivity contribution >= 4 is 28.5 Å². The summed E-state index contributed by atoms with van der Waals surface area (Å²) in [5.41, 5.74) is 7.48. The highest BCUT2D eigenvalue weighted by molar-refractivity contribution is 7.80. The molecule has 0 unspecified atom stereocenters. The average Bonchev–Trinajstić information content (AvgIpc) is 2.60. The standard InChI is InChI=1S/C12H11FN2OS2/c1-7-6-18-12(16)15(7)5-8-2-9(11(14)17)4-10(13)3-8/h2-4,6H,5H2,1H3,(H2,14,17). The number of nitrogens with two attached hydrogens (primary N) is 1. The molecule has 6 heteroatoms. The Hall–Kier alpha value is -1.53. The molecule has 0 radical (unpaired) electrons. The van der Waals surface area contributed by atoms with Gasteiger partial charge in [0.05, 0.1) is 6.54 Å². The Labute approximate surface area is 113 Å². The SMILES string of the molecule is Cc1csc(=O)n1Cc1cc(F)cc(C(N)=S)c1. The van der Waals surface area contributed by atoms with Crippen LogP contribution in [-0.2, 0) is 6.54 Å². The molecule has 18 heavy (non-hydrogen) atoms.